The molecule has 2 heterocycles. The summed E-state index contributed by atoms with van der Waals surface area (Å²) in [6.45, 7) is 9.30. The first kappa shape index (κ1) is 21.7. The molecule has 0 aliphatic carbocycles. The van der Waals surface area contributed by atoms with Crippen molar-refractivity contribution in [3.05, 3.63) is 54.1 Å². The molecule has 162 valence electrons. The van der Waals surface area contributed by atoms with E-state index < -0.39 is 5.60 Å². The molecule has 1 fully saturated rings. The summed E-state index contributed by atoms with van der Waals surface area (Å²) in [4.78, 5) is 24.9. The van der Waals surface area contributed by atoms with Crippen LogP contribution < -0.4 is 5.73 Å². The van der Waals surface area contributed by atoms with Crippen LogP contribution in [0.25, 0.3) is 0 Å². The number of nitrogens with zero attached hydrogens (tertiary/aromatic N) is 5. The van der Waals surface area contributed by atoms with Gasteiger partial charge in [-0.2, -0.15) is 0 Å². The zero-order chi connectivity index (χ0) is 21.6. The Balaban J connectivity index is 1.49. The van der Waals surface area contributed by atoms with Gasteiger partial charge in [0.2, 0.25) is 0 Å². The Morgan fingerprint density at radius 2 is 1.80 bits per heavy atom. The fourth-order valence-corrected chi connectivity index (χ4v) is 3.29. The van der Waals surface area contributed by atoms with Crippen LogP contribution in [0.1, 0.15) is 32.2 Å². The first-order valence-corrected chi connectivity index (χ1v) is 10.4. The van der Waals surface area contributed by atoms with Crippen molar-refractivity contribution in [2.45, 2.75) is 45.9 Å². The molecule has 2 N–H and O–H groups in total. The van der Waals surface area contributed by atoms with Gasteiger partial charge in [0, 0.05) is 45.1 Å². The zero-order valence-electron chi connectivity index (χ0n) is 18.1. The Morgan fingerprint density at radius 3 is 2.47 bits per heavy atom. The fraction of sp³-hybridized carbons (Fsp3) is 0.500. The van der Waals surface area contributed by atoms with Gasteiger partial charge in [0.05, 0.1) is 0 Å². The highest BCUT2D eigenvalue weighted by atomic mass is 16.6. The van der Waals surface area contributed by atoms with E-state index in [1.807, 2.05) is 37.9 Å². The third kappa shape index (κ3) is 6.23. The molecule has 1 aliphatic heterocycles. The van der Waals surface area contributed by atoms with Crippen LogP contribution in [-0.4, -0.2) is 63.2 Å². The van der Waals surface area contributed by atoms with Gasteiger partial charge in [0.15, 0.2) is 5.96 Å². The summed E-state index contributed by atoms with van der Waals surface area (Å²) in [7, 11) is 0. The van der Waals surface area contributed by atoms with Gasteiger partial charge in [-0.1, -0.05) is 30.3 Å². The molecular formula is C22H32N6O2. The van der Waals surface area contributed by atoms with Gasteiger partial charge in [0.1, 0.15) is 18.0 Å². The van der Waals surface area contributed by atoms with Crippen molar-refractivity contribution in [3.8, 4) is 0 Å². The highest BCUT2D eigenvalue weighted by molar-refractivity contribution is 5.78. The number of nitrogens with two attached hydrogens (primary N) is 1. The Bertz CT molecular complexity index is 848. The molecule has 1 amide bonds. The number of imidazole rings is 1. The van der Waals surface area contributed by atoms with E-state index in [2.05, 4.69) is 38.8 Å². The number of hydrogen-bond donors (Lipinski definition) is 1. The smallest absolute Gasteiger partial charge is 0.410 e. The molecule has 8 heteroatoms. The van der Waals surface area contributed by atoms with Crippen LogP contribution in [-0.2, 0) is 24.2 Å². The summed E-state index contributed by atoms with van der Waals surface area (Å²) in [6.07, 6.45) is 4.43. The van der Waals surface area contributed by atoms with Crippen LogP contribution in [0.2, 0.25) is 0 Å². The molecule has 2 aromatic rings. The minimum Gasteiger partial charge on any atom is -0.444 e. The van der Waals surface area contributed by atoms with E-state index in [1.165, 1.54) is 5.56 Å². The van der Waals surface area contributed by atoms with Gasteiger partial charge in [-0.15, -0.1) is 0 Å². The van der Waals surface area contributed by atoms with E-state index in [1.54, 1.807) is 11.1 Å². The lowest BCUT2D eigenvalue weighted by molar-refractivity contribution is 0.0186. The number of aliphatic imine (C=N–C) groups is 1. The molecule has 1 aromatic heterocycles. The molecule has 0 atom stereocenters. The molecule has 0 saturated carbocycles. The second-order valence-electron chi connectivity index (χ2n) is 8.40. The number of amides is 1. The minimum absolute atomic E-state index is 0.280. The average molecular weight is 413 g/mol. The van der Waals surface area contributed by atoms with Gasteiger partial charge in [-0.25, -0.2) is 14.8 Å². The lowest BCUT2D eigenvalue weighted by atomic mass is 10.1. The maximum Gasteiger partial charge on any atom is 0.410 e. The van der Waals surface area contributed by atoms with E-state index >= 15 is 0 Å². The van der Waals surface area contributed by atoms with E-state index in [0.29, 0.717) is 38.7 Å². The van der Waals surface area contributed by atoms with Gasteiger partial charge in [0.25, 0.3) is 0 Å². The Morgan fingerprint density at radius 1 is 1.13 bits per heavy atom. The predicted molar refractivity (Wildman–Crippen MR) is 117 cm³/mol. The van der Waals surface area contributed by atoms with Crippen LogP contribution >= 0.6 is 0 Å². The number of piperazine rings is 1. The molecule has 3 rings (SSSR count). The first-order chi connectivity index (χ1) is 14.3. The van der Waals surface area contributed by atoms with Crippen LogP contribution in [0, 0.1) is 0 Å². The van der Waals surface area contributed by atoms with Crippen molar-refractivity contribution < 1.29 is 9.53 Å². The van der Waals surface area contributed by atoms with Crippen molar-refractivity contribution in [1.82, 2.24) is 19.4 Å². The van der Waals surface area contributed by atoms with Gasteiger partial charge in [-0.3, -0.25) is 0 Å². The van der Waals surface area contributed by atoms with E-state index in [9.17, 15) is 4.79 Å². The maximum absolute atomic E-state index is 12.2. The summed E-state index contributed by atoms with van der Waals surface area (Å²) < 4.78 is 7.55. The SMILES string of the molecule is CC(C)(C)OC(=O)N1CCN(C(N)=NCc2nccn2CCc2ccccc2)CC1. The minimum atomic E-state index is -0.489. The number of aryl methyl sites for hydroxylation is 2. The Hall–Kier alpha value is -3.03. The van der Waals surface area contributed by atoms with E-state index in [0.717, 1.165) is 18.8 Å². The fourth-order valence-electron chi connectivity index (χ4n) is 3.29. The maximum atomic E-state index is 12.2. The second kappa shape index (κ2) is 9.65. The van der Waals surface area contributed by atoms with Gasteiger partial charge >= 0.3 is 6.09 Å². The average Bonchev–Trinajstić information content (AvgIpc) is 3.17. The molecule has 1 aliphatic rings. The van der Waals surface area contributed by atoms with Crippen LogP contribution in [0.5, 0.6) is 0 Å². The molecule has 1 saturated heterocycles. The molecule has 0 unspecified atom stereocenters. The van der Waals surface area contributed by atoms with E-state index in [4.69, 9.17) is 10.5 Å². The lowest BCUT2D eigenvalue weighted by Crippen LogP contribution is -2.53. The number of aromatic nitrogens is 2. The third-order valence-electron chi connectivity index (χ3n) is 4.92. The number of hydrogen-bond acceptors (Lipinski definition) is 4. The normalized spacial score (nSPS) is 15.4. The standard InChI is InChI=1S/C22H32N6O2/c1-22(2,3)30-21(29)28-15-13-27(14-16-28)20(23)25-17-19-24-10-12-26(19)11-9-18-7-5-4-6-8-18/h4-8,10,12H,9,11,13-17H2,1-3H3,(H2,23,25). The topological polar surface area (TPSA) is 89.0 Å². The quantitative estimate of drug-likeness (QED) is 0.602. The Labute approximate surface area is 178 Å². The molecule has 0 radical (unpaired) electrons. The molecule has 0 bridgehead atoms. The predicted octanol–water partition coefficient (Wildman–Crippen LogP) is 2.49. The molecule has 1 aromatic carbocycles. The number of rotatable bonds is 5. The third-order valence-corrected chi connectivity index (χ3v) is 4.92. The monoisotopic (exact) mass is 412 g/mol. The van der Waals surface area contributed by atoms with Crippen molar-refractivity contribution in [3.63, 3.8) is 0 Å². The van der Waals surface area contributed by atoms with Crippen LogP contribution in [0.15, 0.2) is 47.7 Å². The second-order valence-corrected chi connectivity index (χ2v) is 8.40. The summed E-state index contributed by atoms with van der Waals surface area (Å²) in [6, 6.07) is 10.4. The molecular weight excluding hydrogens is 380 g/mol. The Kier molecular flexibility index (Phi) is 6.97. The number of carbonyl (C=O) groups excluding carboxylic acids is 1. The molecule has 0 spiro atoms. The first-order valence-electron chi connectivity index (χ1n) is 10.4. The number of ether oxygens (including phenoxy) is 1. The van der Waals surface area contributed by atoms with Crippen molar-refractivity contribution in [2.24, 2.45) is 10.7 Å². The van der Waals surface area contributed by atoms with Gasteiger partial charge in [-0.05, 0) is 32.8 Å². The highest BCUT2D eigenvalue weighted by Crippen LogP contribution is 2.12. The molecule has 8 nitrogen and oxygen atoms in total. The summed E-state index contributed by atoms with van der Waals surface area (Å²) in [5.74, 6) is 1.37. The molecule has 30 heavy (non-hydrogen) atoms. The summed E-state index contributed by atoms with van der Waals surface area (Å²) in [5.41, 5.74) is 7.01. The van der Waals surface area contributed by atoms with Crippen molar-refractivity contribution in [1.29, 1.82) is 0 Å². The zero-order valence-corrected chi connectivity index (χ0v) is 18.1. The van der Waals surface area contributed by atoms with Crippen molar-refractivity contribution >= 4 is 12.1 Å². The van der Waals surface area contributed by atoms with Crippen LogP contribution in [0.3, 0.4) is 0 Å². The van der Waals surface area contributed by atoms with Crippen LogP contribution in [0.4, 0.5) is 4.79 Å². The number of guanidine groups is 1. The summed E-state index contributed by atoms with van der Waals surface area (Å²) in [5, 5.41) is 0. The lowest BCUT2D eigenvalue weighted by Gasteiger charge is -2.36. The number of carbonyl (C=O) groups is 1. The highest BCUT2D eigenvalue weighted by Gasteiger charge is 2.26. The number of benzene rings is 1. The van der Waals surface area contributed by atoms with E-state index in [-0.39, 0.29) is 6.09 Å². The van der Waals surface area contributed by atoms with Crippen molar-refractivity contribution in [2.75, 3.05) is 26.2 Å². The summed E-state index contributed by atoms with van der Waals surface area (Å²) >= 11 is 0. The van der Waals surface area contributed by atoms with Gasteiger partial charge < -0.3 is 24.8 Å². The largest absolute Gasteiger partial charge is 0.444 e.